The molecule has 0 aromatic carbocycles. The van der Waals surface area contributed by atoms with Crippen molar-refractivity contribution < 1.29 is 4.79 Å². The highest BCUT2D eigenvalue weighted by Gasteiger charge is 2.28. The van der Waals surface area contributed by atoms with Gasteiger partial charge in [-0.3, -0.25) is 4.79 Å². The molecule has 2 rings (SSSR count). The van der Waals surface area contributed by atoms with Crippen molar-refractivity contribution in [1.82, 2.24) is 10.3 Å². The van der Waals surface area contributed by atoms with Crippen molar-refractivity contribution in [2.75, 3.05) is 18.6 Å². The van der Waals surface area contributed by atoms with Gasteiger partial charge in [-0.2, -0.15) is 11.8 Å². The van der Waals surface area contributed by atoms with Crippen molar-refractivity contribution in [2.24, 2.45) is 0 Å². The Morgan fingerprint density at radius 3 is 3.00 bits per heavy atom. The average molecular weight is 265 g/mol. The maximum Gasteiger partial charge on any atom is 0.270 e. The van der Waals surface area contributed by atoms with Crippen LogP contribution in [0.25, 0.3) is 0 Å². The van der Waals surface area contributed by atoms with E-state index in [0.717, 1.165) is 12.2 Å². The van der Waals surface area contributed by atoms with Crippen LogP contribution in [0.3, 0.4) is 0 Å². The number of hydrogen-bond donors (Lipinski definition) is 2. The van der Waals surface area contributed by atoms with E-state index in [1.165, 1.54) is 12.8 Å². The van der Waals surface area contributed by atoms with E-state index in [0.29, 0.717) is 10.9 Å². The van der Waals surface area contributed by atoms with Crippen LogP contribution in [0.4, 0.5) is 5.82 Å². The van der Waals surface area contributed by atoms with Gasteiger partial charge in [-0.1, -0.05) is 12.5 Å². The zero-order valence-corrected chi connectivity index (χ0v) is 11.6. The van der Waals surface area contributed by atoms with Crippen LogP contribution in [0, 0.1) is 0 Å². The molecule has 1 saturated carbocycles. The molecule has 0 saturated heterocycles. The van der Waals surface area contributed by atoms with E-state index in [2.05, 4.69) is 21.9 Å². The molecule has 1 aromatic heterocycles. The predicted molar refractivity (Wildman–Crippen MR) is 76.2 cm³/mol. The maximum absolute atomic E-state index is 12.1. The zero-order chi connectivity index (χ0) is 13.0. The average Bonchev–Trinajstić information content (AvgIpc) is 2.86. The summed E-state index contributed by atoms with van der Waals surface area (Å²) in [5.41, 5.74) is 0.480. The molecular formula is C13H19N3OS. The number of amides is 1. The monoisotopic (exact) mass is 265 g/mol. The molecule has 1 amide bonds. The number of aromatic nitrogens is 1. The SMILES string of the molecule is CNc1cccc(C(=O)NC2CCCC2SC)n1. The molecule has 1 aliphatic carbocycles. The first-order valence-corrected chi connectivity index (χ1v) is 7.52. The summed E-state index contributed by atoms with van der Waals surface area (Å²) in [6.07, 6.45) is 5.56. The molecule has 18 heavy (non-hydrogen) atoms. The molecule has 5 heteroatoms. The van der Waals surface area contributed by atoms with Crippen molar-refractivity contribution in [2.45, 2.75) is 30.6 Å². The molecule has 1 aliphatic rings. The van der Waals surface area contributed by atoms with Gasteiger partial charge in [0.05, 0.1) is 0 Å². The molecule has 0 spiro atoms. The highest BCUT2D eigenvalue weighted by atomic mass is 32.2. The Morgan fingerprint density at radius 2 is 2.28 bits per heavy atom. The highest BCUT2D eigenvalue weighted by molar-refractivity contribution is 7.99. The number of carbonyl (C=O) groups excluding carboxylic acids is 1. The lowest BCUT2D eigenvalue weighted by atomic mass is 10.2. The lowest BCUT2D eigenvalue weighted by Gasteiger charge is -2.18. The van der Waals surface area contributed by atoms with Crippen LogP contribution in [0.1, 0.15) is 29.8 Å². The predicted octanol–water partition coefficient (Wildman–Crippen LogP) is 2.14. The van der Waals surface area contributed by atoms with Gasteiger partial charge in [-0.15, -0.1) is 0 Å². The number of rotatable bonds is 4. The van der Waals surface area contributed by atoms with E-state index >= 15 is 0 Å². The van der Waals surface area contributed by atoms with Gasteiger partial charge in [0.25, 0.3) is 5.91 Å². The summed E-state index contributed by atoms with van der Waals surface area (Å²) in [6, 6.07) is 5.72. The number of thioether (sulfide) groups is 1. The topological polar surface area (TPSA) is 54.0 Å². The van der Waals surface area contributed by atoms with E-state index in [1.54, 1.807) is 13.1 Å². The van der Waals surface area contributed by atoms with Gasteiger partial charge in [-0.25, -0.2) is 4.98 Å². The third kappa shape index (κ3) is 2.96. The smallest absolute Gasteiger partial charge is 0.270 e. The van der Waals surface area contributed by atoms with Crippen molar-refractivity contribution in [3.63, 3.8) is 0 Å². The van der Waals surface area contributed by atoms with Crippen molar-refractivity contribution in [3.8, 4) is 0 Å². The molecule has 0 aliphatic heterocycles. The lowest BCUT2D eigenvalue weighted by molar-refractivity contribution is 0.0934. The van der Waals surface area contributed by atoms with Gasteiger partial charge in [0.1, 0.15) is 11.5 Å². The summed E-state index contributed by atoms with van der Waals surface area (Å²) in [7, 11) is 1.80. The molecular weight excluding hydrogens is 246 g/mol. The van der Waals surface area contributed by atoms with E-state index in [1.807, 2.05) is 23.9 Å². The minimum absolute atomic E-state index is 0.0713. The fourth-order valence-electron chi connectivity index (χ4n) is 2.32. The molecule has 98 valence electrons. The van der Waals surface area contributed by atoms with Crippen molar-refractivity contribution in [1.29, 1.82) is 0 Å². The van der Waals surface area contributed by atoms with Gasteiger partial charge in [0, 0.05) is 18.3 Å². The van der Waals surface area contributed by atoms with Crippen LogP contribution in [-0.4, -0.2) is 35.5 Å². The largest absolute Gasteiger partial charge is 0.373 e. The van der Waals surface area contributed by atoms with Crippen LogP contribution in [-0.2, 0) is 0 Å². The minimum atomic E-state index is -0.0713. The van der Waals surface area contributed by atoms with Gasteiger partial charge in [0.15, 0.2) is 0 Å². The molecule has 4 nitrogen and oxygen atoms in total. The number of carbonyl (C=O) groups is 1. The Labute approximate surface area is 112 Å². The molecule has 2 atom stereocenters. The van der Waals surface area contributed by atoms with Crippen LogP contribution >= 0.6 is 11.8 Å². The van der Waals surface area contributed by atoms with Crippen molar-refractivity contribution in [3.05, 3.63) is 23.9 Å². The molecule has 0 bridgehead atoms. The lowest BCUT2D eigenvalue weighted by Crippen LogP contribution is -2.39. The standard InChI is InChI=1S/C13H19N3OS/c1-14-12-8-4-6-10(15-12)13(17)16-9-5-3-7-11(9)18-2/h4,6,8-9,11H,3,5,7H2,1-2H3,(H,14,15)(H,16,17). The summed E-state index contributed by atoms with van der Waals surface area (Å²) >= 11 is 1.84. The first kappa shape index (κ1) is 13.2. The Balaban J connectivity index is 2.02. The molecule has 2 N–H and O–H groups in total. The first-order chi connectivity index (χ1) is 8.74. The zero-order valence-electron chi connectivity index (χ0n) is 10.8. The third-order valence-electron chi connectivity index (χ3n) is 3.31. The van der Waals surface area contributed by atoms with Gasteiger partial charge in [0.2, 0.25) is 0 Å². The summed E-state index contributed by atoms with van der Waals surface area (Å²) in [6.45, 7) is 0. The number of nitrogens with one attached hydrogen (secondary N) is 2. The molecule has 1 aromatic rings. The van der Waals surface area contributed by atoms with Crippen LogP contribution in [0.15, 0.2) is 18.2 Å². The second kappa shape index (κ2) is 6.09. The Bertz CT molecular complexity index is 424. The van der Waals surface area contributed by atoms with Gasteiger partial charge < -0.3 is 10.6 Å². The summed E-state index contributed by atoms with van der Waals surface area (Å²) in [5.74, 6) is 0.647. The summed E-state index contributed by atoms with van der Waals surface area (Å²) in [5, 5.41) is 6.58. The fraction of sp³-hybridized carbons (Fsp3) is 0.538. The van der Waals surface area contributed by atoms with Gasteiger partial charge in [-0.05, 0) is 31.2 Å². The van der Waals surface area contributed by atoms with E-state index in [-0.39, 0.29) is 11.9 Å². The number of hydrogen-bond acceptors (Lipinski definition) is 4. The highest BCUT2D eigenvalue weighted by Crippen LogP contribution is 2.28. The number of nitrogens with zero attached hydrogens (tertiary/aromatic N) is 1. The number of anilines is 1. The normalized spacial score (nSPS) is 22.8. The third-order valence-corrected chi connectivity index (χ3v) is 4.48. The second-order valence-corrected chi connectivity index (χ2v) is 5.52. The van der Waals surface area contributed by atoms with Crippen LogP contribution in [0.5, 0.6) is 0 Å². The second-order valence-electron chi connectivity index (χ2n) is 4.44. The van der Waals surface area contributed by atoms with Crippen molar-refractivity contribution >= 4 is 23.5 Å². The molecule has 1 heterocycles. The van der Waals surface area contributed by atoms with E-state index in [9.17, 15) is 4.79 Å². The maximum atomic E-state index is 12.1. The van der Waals surface area contributed by atoms with E-state index < -0.39 is 0 Å². The molecule has 1 fully saturated rings. The Morgan fingerprint density at radius 1 is 1.44 bits per heavy atom. The van der Waals surface area contributed by atoms with Crippen LogP contribution < -0.4 is 10.6 Å². The quantitative estimate of drug-likeness (QED) is 0.876. The Kier molecular flexibility index (Phi) is 4.47. The fourth-order valence-corrected chi connectivity index (χ4v) is 3.25. The summed E-state index contributed by atoms with van der Waals surface area (Å²) < 4.78 is 0. The minimum Gasteiger partial charge on any atom is -0.373 e. The number of pyridine rings is 1. The molecule has 0 radical (unpaired) electrons. The van der Waals surface area contributed by atoms with Gasteiger partial charge >= 0.3 is 0 Å². The molecule has 2 unspecified atom stereocenters. The first-order valence-electron chi connectivity index (χ1n) is 6.23. The van der Waals surface area contributed by atoms with E-state index in [4.69, 9.17) is 0 Å². The Hall–Kier alpha value is -1.23. The van der Waals surface area contributed by atoms with Crippen LogP contribution in [0.2, 0.25) is 0 Å². The summed E-state index contributed by atoms with van der Waals surface area (Å²) in [4.78, 5) is 16.4.